The Bertz CT molecular complexity index is 3070. The Labute approximate surface area is 417 Å². The second-order valence-corrected chi connectivity index (χ2v) is 17.1. The van der Waals surface area contributed by atoms with Crippen molar-refractivity contribution in [2.45, 2.75) is 55.4 Å². The van der Waals surface area contributed by atoms with Crippen LogP contribution in [0.4, 0.5) is 5.69 Å². The molecule has 0 radical (unpaired) electrons. The standard InChI is InChI=1S/C35H28O2.C15H17N.C9H10.C8H10/c1-23-9-15-27(16-10-23)31-22-32(34(36)28-17-11-24(2)12-18-28)30(26-7-5-4-6-8-26)21-33(31)35(37)29-19-13-25(3)14-20-29;1-4-6-7-11-14(5-2)16-15-12-9-8-10-13(15)3;1-3-9-7-5-4-6-8(9)2;1-7-5-3-4-6-8(7)2/h4-22H,1-3H3;4-12H,2H2,1,3H3;3-7H,1H2,2H3;3-6H,1-2H3/b;6-4-,11-7-,16-14?;;. The molecule has 0 aromatic heterocycles. The molecule has 0 aliphatic heterocycles. The van der Waals surface area contributed by atoms with Crippen molar-refractivity contribution in [3.8, 4) is 22.3 Å². The number of allylic oxidation sites excluding steroid dienone is 5. The minimum atomic E-state index is -0.0680. The van der Waals surface area contributed by atoms with Crippen LogP contribution in [-0.2, 0) is 0 Å². The smallest absolute Gasteiger partial charge is 0.193 e. The van der Waals surface area contributed by atoms with Crippen LogP contribution in [0.2, 0.25) is 0 Å². The Hall–Kier alpha value is -8.27. The summed E-state index contributed by atoms with van der Waals surface area (Å²) in [6.45, 7) is 23.8. The molecule has 0 fully saturated rings. The fraction of sp³-hybridized carbons (Fsp3) is 0.119. The van der Waals surface area contributed by atoms with Crippen molar-refractivity contribution >= 4 is 29.0 Å². The number of carbonyl (C=O) groups excluding carboxylic acids is 2. The lowest BCUT2D eigenvalue weighted by molar-refractivity contribution is 0.102. The topological polar surface area (TPSA) is 46.5 Å². The molecule has 0 N–H and O–H groups in total. The van der Waals surface area contributed by atoms with Crippen LogP contribution in [0, 0.1) is 48.5 Å². The van der Waals surface area contributed by atoms with Crippen LogP contribution in [0.5, 0.6) is 0 Å². The van der Waals surface area contributed by atoms with E-state index in [-0.39, 0.29) is 11.6 Å². The number of hydrogen-bond donors (Lipinski definition) is 0. The minimum Gasteiger partial charge on any atom is -0.289 e. The van der Waals surface area contributed by atoms with E-state index in [0.29, 0.717) is 22.3 Å². The van der Waals surface area contributed by atoms with E-state index in [9.17, 15) is 9.59 Å². The summed E-state index contributed by atoms with van der Waals surface area (Å²) in [5.74, 6) is -0.136. The second-order valence-electron chi connectivity index (χ2n) is 17.1. The van der Waals surface area contributed by atoms with Crippen molar-refractivity contribution in [1.82, 2.24) is 0 Å². The van der Waals surface area contributed by atoms with Gasteiger partial charge >= 0.3 is 0 Å². The monoisotopic (exact) mass is 916 g/mol. The fourth-order valence-corrected chi connectivity index (χ4v) is 7.25. The molecule has 0 unspecified atom stereocenters. The number of carbonyl (C=O) groups is 2. The van der Waals surface area contributed by atoms with Gasteiger partial charge in [-0.05, 0) is 136 Å². The molecule has 350 valence electrons. The third-order valence-corrected chi connectivity index (χ3v) is 11.7. The molecule has 8 aromatic rings. The van der Waals surface area contributed by atoms with Crippen LogP contribution < -0.4 is 0 Å². The van der Waals surface area contributed by atoms with E-state index in [1.54, 1.807) is 6.08 Å². The van der Waals surface area contributed by atoms with E-state index < -0.39 is 0 Å². The SMILES string of the molecule is C=CC(/C=C\C=C/C)=Nc1ccccc1C.C=Cc1ccccc1C.Cc1ccc(C(=O)c2cc(-c3ccc(C)cc3)c(C(=O)c3ccc(C)cc3)cc2-c2ccccc2)cc1.Cc1ccccc1C. The van der Waals surface area contributed by atoms with Gasteiger partial charge in [0.2, 0.25) is 0 Å². The maximum absolute atomic E-state index is 13.9. The van der Waals surface area contributed by atoms with E-state index in [0.717, 1.165) is 50.3 Å². The largest absolute Gasteiger partial charge is 0.289 e. The van der Waals surface area contributed by atoms with Crippen LogP contribution in [0.25, 0.3) is 28.3 Å². The number of nitrogens with zero attached hydrogens (tertiary/aromatic N) is 1. The summed E-state index contributed by atoms with van der Waals surface area (Å²) in [5, 5.41) is 0. The molecule has 0 aliphatic carbocycles. The zero-order chi connectivity index (χ0) is 50.4. The molecule has 3 heteroatoms. The lowest BCUT2D eigenvalue weighted by Gasteiger charge is -2.17. The van der Waals surface area contributed by atoms with E-state index in [1.807, 2.05) is 204 Å². The number of benzene rings is 8. The van der Waals surface area contributed by atoms with Crippen molar-refractivity contribution in [2.24, 2.45) is 4.99 Å². The van der Waals surface area contributed by atoms with Gasteiger partial charge in [0.15, 0.2) is 11.6 Å². The van der Waals surface area contributed by atoms with Gasteiger partial charge in [-0.15, -0.1) is 0 Å². The number of aliphatic imine (C=N–C) groups is 1. The second kappa shape index (κ2) is 26.9. The van der Waals surface area contributed by atoms with E-state index in [4.69, 9.17) is 0 Å². The fourth-order valence-electron chi connectivity index (χ4n) is 7.25. The average molecular weight is 916 g/mol. The third-order valence-electron chi connectivity index (χ3n) is 11.7. The van der Waals surface area contributed by atoms with E-state index in [1.165, 1.54) is 27.8 Å². The van der Waals surface area contributed by atoms with Crippen LogP contribution >= 0.6 is 0 Å². The number of rotatable bonds is 11. The lowest BCUT2D eigenvalue weighted by Crippen LogP contribution is -2.09. The molecule has 3 nitrogen and oxygen atoms in total. The summed E-state index contributed by atoms with van der Waals surface area (Å²) in [5.41, 5.74) is 17.3. The van der Waals surface area contributed by atoms with Gasteiger partial charge in [0, 0.05) is 22.3 Å². The Kier molecular flexibility index (Phi) is 20.3. The van der Waals surface area contributed by atoms with Gasteiger partial charge in [0.05, 0.1) is 11.4 Å². The summed E-state index contributed by atoms with van der Waals surface area (Å²) in [6.07, 6.45) is 11.5. The average Bonchev–Trinajstić information content (AvgIpc) is 3.38. The third kappa shape index (κ3) is 15.4. The van der Waals surface area contributed by atoms with Gasteiger partial charge in [0.1, 0.15) is 0 Å². The summed E-state index contributed by atoms with van der Waals surface area (Å²) in [4.78, 5) is 32.3. The first-order valence-corrected chi connectivity index (χ1v) is 23.6. The van der Waals surface area contributed by atoms with Crippen molar-refractivity contribution in [1.29, 1.82) is 0 Å². The van der Waals surface area contributed by atoms with Gasteiger partial charge in [-0.2, -0.15) is 0 Å². The molecular weight excluding hydrogens is 851 g/mol. The minimum absolute atomic E-state index is 0.0675. The molecule has 8 aromatic carbocycles. The first kappa shape index (κ1) is 52.7. The molecule has 0 saturated heterocycles. The molecule has 8 rings (SSSR count). The van der Waals surface area contributed by atoms with Crippen LogP contribution in [0.1, 0.15) is 83.3 Å². The maximum atomic E-state index is 13.9. The first-order chi connectivity index (χ1) is 33.8. The first-order valence-electron chi connectivity index (χ1n) is 23.6. The molecule has 0 aliphatic rings. The lowest BCUT2D eigenvalue weighted by atomic mass is 9.85. The Morgan fingerprint density at radius 2 is 0.857 bits per heavy atom. The number of hydrogen-bond acceptors (Lipinski definition) is 3. The predicted octanol–water partition coefficient (Wildman–Crippen LogP) is 17.7. The summed E-state index contributed by atoms with van der Waals surface area (Å²) >= 11 is 0. The van der Waals surface area contributed by atoms with Gasteiger partial charge in [0.25, 0.3) is 0 Å². The van der Waals surface area contributed by atoms with Crippen molar-refractivity contribution in [2.75, 3.05) is 0 Å². The molecule has 0 atom stereocenters. The van der Waals surface area contributed by atoms with E-state index >= 15 is 0 Å². The Morgan fingerprint density at radius 3 is 1.27 bits per heavy atom. The Morgan fingerprint density at radius 1 is 0.443 bits per heavy atom. The molecule has 0 spiro atoms. The van der Waals surface area contributed by atoms with Crippen LogP contribution in [-0.4, -0.2) is 17.3 Å². The highest BCUT2D eigenvalue weighted by Gasteiger charge is 2.23. The summed E-state index contributed by atoms with van der Waals surface area (Å²) < 4.78 is 0. The van der Waals surface area contributed by atoms with Crippen molar-refractivity contribution in [3.63, 3.8) is 0 Å². The van der Waals surface area contributed by atoms with Crippen LogP contribution in [0.15, 0.2) is 237 Å². The normalized spacial score (nSPS) is 10.8. The van der Waals surface area contributed by atoms with Gasteiger partial charge < -0.3 is 0 Å². The summed E-state index contributed by atoms with van der Waals surface area (Å²) in [6, 6.07) is 61.5. The zero-order valence-corrected chi connectivity index (χ0v) is 42.0. The summed E-state index contributed by atoms with van der Waals surface area (Å²) in [7, 11) is 0. The number of ketones is 2. The molecule has 0 amide bonds. The van der Waals surface area contributed by atoms with E-state index in [2.05, 4.69) is 88.3 Å². The van der Waals surface area contributed by atoms with Gasteiger partial charge in [-0.3, -0.25) is 9.59 Å². The quantitative estimate of drug-likeness (QED) is 0.0737. The van der Waals surface area contributed by atoms with Crippen LogP contribution in [0.3, 0.4) is 0 Å². The molecule has 0 saturated carbocycles. The van der Waals surface area contributed by atoms with Gasteiger partial charge in [-0.1, -0.05) is 224 Å². The molecule has 0 bridgehead atoms. The number of para-hydroxylation sites is 1. The molecular formula is C67H65NO2. The van der Waals surface area contributed by atoms with Crippen molar-refractivity contribution < 1.29 is 9.59 Å². The maximum Gasteiger partial charge on any atom is 0.193 e. The van der Waals surface area contributed by atoms with Gasteiger partial charge in [-0.25, -0.2) is 4.99 Å². The predicted molar refractivity (Wildman–Crippen MR) is 301 cm³/mol. The van der Waals surface area contributed by atoms with Crippen molar-refractivity contribution in [3.05, 3.63) is 298 Å². The number of aryl methyl sites for hydroxylation is 7. The molecule has 70 heavy (non-hydrogen) atoms. The zero-order valence-electron chi connectivity index (χ0n) is 42.0. The highest BCUT2D eigenvalue weighted by Crippen LogP contribution is 2.35. The Balaban J connectivity index is 0.000000224. The molecule has 0 heterocycles. The highest BCUT2D eigenvalue weighted by molar-refractivity contribution is 6.18. The highest BCUT2D eigenvalue weighted by atomic mass is 16.1.